The summed E-state index contributed by atoms with van der Waals surface area (Å²) in [5, 5.41) is 8.67. The van der Waals surface area contributed by atoms with Crippen molar-refractivity contribution in [2.24, 2.45) is 0 Å². The first-order valence-electron chi connectivity index (χ1n) is 8.45. The summed E-state index contributed by atoms with van der Waals surface area (Å²) < 4.78 is 24.0. The number of aromatic nitrogens is 1. The molecule has 1 aromatic heterocycles. The zero-order chi connectivity index (χ0) is 20.1. The minimum absolute atomic E-state index is 0.0170. The van der Waals surface area contributed by atoms with E-state index in [-0.39, 0.29) is 11.4 Å². The third kappa shape index (κ3) is 4.35. The van der Waals surface area contributed by atoms with Crippen molar-refractivity contribution in [1.82, 2.24) is 10.5 Å². The number of hydrogen-bond donors (Lipinski definition) is 2. The van der Waals surface area contributed by atoms with Gasteiger partial charge in [0.15, 0.2) is 11.5 Å². The summed E-state index contributed by atoms with van der Waals surface area (Å²) in [5.41, 5.74) is 0.745. The number of para-hydroxylation sites is 1. The van der Waals surface area contributed by atoms with Gasteiger partial charge in [-0.3, -0.25) is 9.59 Å². The number of methoxy groups -OCH3 is 1. The average molecular weight is 383 g/mol. The third-order valence-electron chi connectivity index (χ3n) is 3.97. The van der Waals surface area contributed by atoms with Gasteiger partial charge in [-0.1, -0.05) is 29.4 Å². The molecular weight excluding hydrogens is 365 g/mol. The maximum absolute atomic E-state index is 13.6. The Labute approximate surface area is 160 Å². The van der Waals surface area contributed by atoms with Crippen molar-refractivity contribution in [3.05, 3.63) is 66.1 Å². The van der Waals surface area contributed by atoms with Gasteiger partial charge in [-0.05, 0) is 31.2 Å². The lowest BCUT2D eigenvalue weighted by atomic mass is 10.1. The van der Waals surface area contributed by atoms with E-state index in [9.17, 15) is 14.0 Å². The van der Waals surface area contributed by atoms with Crippen molar-refractivity contribution in [3.8, 4) is 17.1 Å². The number of nitrogens with one attached hydrogen (secondary N) is 2. The Morgan fingerprint density at radius 1 is 1.14 bits per heavy atom. The lowest BCUT2D eigenvalue weighted by Gasteiger charge is -2.13. The van der Waals surface area contributed by atoms with Crippen LogP contribution < -0.4 is 15.4 Å². The van der Waals surface area contributed by atoms with Gasteiger partial charge in [-0.2, -0.15) is 0 Å². The lowest BCUT2D eigenvalue weighted by molar-refractivity contribution is -0.117. The van der Waals surface area contributed by atoms with Crippen LogP contribution in [0.5, 0.6) is 5.75 Å². The number of carbonyl (C=O) groups is 2. The number of benzene rings is 2. The van der Waals surface area contributed by atoms with E-state index in [1.54, 1.807) is 37.4 Å². The van der Waals surface area contributed by atoms with Crippen molar-refractivity contribution >= 4 is 17.5 Å². The van der Waals surface area contributed by atoms with E-state index >= 15 is 0 Å². The van der Waals surface area contributed by atoms with E-state index < -0.39 is 23.7 Å². The summed E-state index contributed by atoms with van der Waals surface area (Å²) in [6.07, 6.45) is 0. The molecule has 0 aliphatic heterocycles. The van der Waals surface area contributed by atoms with E-state index in [4.69, 9.17) is 9.26 Å². The molecule has 0 fully saturated rings. The van der Waals surface area contributed by atoms with Gasteiger partial charge < -0.3 is 19.9 Å². The van der Waals surface area contributed by atoms with Crippen molar-refractivity contribution in [2.75, 3.05) is 12.4 Å². The number of hydrogen-bond acceptors (Lipinski definition) is 5. The molecule has 1 atom stereocenters. The number of anilines is 1. The van der Waals surface area contributed by atoms with E-state index in [1.165, 1.54) is 31.2 Å². The lowest BCUT2D eigenvalue weighted by Crippen LogP contribution is -2.41. The second-order valence-electron chi connectivity index (χ2n) is 5.97. The maximum Gasteiger partial charge on any atom is 0.274 e. The Bertz CT molecular complexity index is 1000. The molecule has 3 rings (SSSR count). The molecule has 0 aliphatic rings. The number of halogens is 1. The monoisotopic (exact) mass is 383 g/mol. The molecule has 2 amide bonds. The van der Waals surface area contributed by atoms with Gasteiger partial charge in [-0.15, -0.1) is 0 Å². The Hall–Kier alpha value is -3.68. The highest BCUT2D eigenvalue weighted by Crippen LogP contribution is 2.24. The Morgan fingerprint density at radius 2 is 1.93 bits per heavy atom. The van der Waals surface area contributed by atoms with Crippen LogP contribution >= 0.6 is 0 Å². The molecule has 0 bridgehead atoms. The summed E-state index contributed by atoms with van der Waals surface area (Å²) in [4.78, 5) is 24.5. The molecule has 0 spiro atoms. The molecule has 28 heavy (non-hydrogen) atoms. The number of ether oxygens (including phenoxy) is 1. The molecule has 2 aromatic carbocycles. The second kappa shape index (κ2) is 8.34. The molecule has 3 aromatic rings. The molecule has 1 unspecified atom stereocenters. The van der Waals surface area contributed by atoms with Crippen LogP contribution in [0.2, 0.25) is 0 Å². The zero-order valence-electron chi connectivity index (χ0n) is 15.2. The van der Waals surface area contributed by atoms with E-state index in [2.05, 4.69) is 15.8 Å². The topological polar surface area (TPSA) is 93.5 Å². The third-order valence-corrected chi connectivity index (χ3v) is 3.97. The minimum Gasteiger partial charge on any atom is -0.497 e. The minimum atomic E-state index is -0.913. The van der Waals surface area contributed by atoms with Crippen LogP contribution in [0.15, 0.2) is 59.1 Å². The molecule has 0 saturated carbocycles. The van der Waals surface area contributed by atoms with Crippen molar-refractivity contribution in [3.63, 3.8) is 0 Å². The van der Waals surface area contributed by atoms with E-state index in [0.717, 1.165) is 0 Å². The maximum atomic E-state index is 13.6. The molecule has 7 nitrogen and oxygen atoms in total. The van der Waals surface area contributed by atoms with Crippen LogP contribution in [0.3, 0.4) is 0 Å². The molecule has 8 heteroatoms. The van der Waals surface area contributed by atoms with Gasteiger partial charge in [0.2, 0.25) is 5.91 Å². The zero-order valence-corrected chi connectivity index (χ0v) is 15.2. The van der Waals surface area contributed by atoms with Gasteiger partial charge in [0, 0.05) is 11.6 Å². The van der Waals surface area contributed by atoms with Crippen LogP contribution in [-0.2, 0) is 4.79 Å². The average Bonchev–Trinajstić information content (AvgIpc) is 3.20. The van der Waals surface area contributed by atoms with Crippen molar-refractivity contribution in [2.45, 2.75) is 13.0 Å². The Balaban J connectivity index is 1.65. The van der Waals surface area contributed by atoms with Crippen LogP contribution in [0, 0.1) is 5.82 Å². The number of nitrogens with zero attached hydrogens (tertiary/aromatic N) is 1. The highest BCUT2D eigenvalue weighted by molar-refractivity contribution is 6.00. The smallest absolute Gasteiger partial charge is 0.274 e. The Morgan fingerprint density at radius 3 is 2.68 bits per heavy atom. The van der Waals surface area contributed by atoms with Crippen LogP contribution in [-0.4, -0.2) is 30.1 Å². The van der Waals surface area contributed by atoms with Gasteiger partial charge in [-0.25, -0.2) is 4.39 Å². The van der Waals surface area contributed by atoms with Gasteiger partial charge in [0.25, 0.3) is 5.91 Å². The van der Waals surface area contributed by atoms with Crippen molar-refractivity contribution < 1.29 is 23.2 Å². The van der Waals surface area contributed by atoms with E-state index in [1.807, 2.05) is 0 Å². The predicted molar refractivity (Wildman–Crippen MR) is 100 cm³/mol. The number of amides is 2. The summed E-state index contributed by atoms with van der Waals surface area (Å²) >= 11 is 0. The van der Waals surface area contributed by atoms with E-state index in [0.29, 0.717) is 17.1 Å². The SMILES string of the molecule is COc1cccc(-c2cc(C(=O)NC(C)C(=O)Nc3ccccc3F)no2)c1. The summed E-state index contributed by atoms with van der Waals surface area (Å²) in [6.45, 7) is 1.48. The number of rotatable bonds is 6. The molecule has 0 radical (unpaired) electrons. The first-order valence-corrected chi connectivity index (χ1v) is 8.45. The van der Waals surface area contributed by atoms with Crippen LogP contribution in [0.4, 0.5) is 10.1 Å². The molecule has 0 aliphatic carbocycles. The van der Waals surface area contributed by atoms with Gasteiger partial charge in [0.05, 0.1) is 12.8 Å². The quantitative estimate of drug-likeness (QED) is 0.682. The highest BCUT2D eigenvalue weighted by atomic mass is 19.1. The molecule has 144 valence electrons. The standard InChI is InChI=1S/C20H18FN3O4/c1-12(19(25)23-16-9-4-3-8-15(16)21)22-20(26)17-11-18(28-24-17)13-6-5-7-14(10-13)27-2/h3-12H,1-2H3,(H,22,26)(H,23,25). The fourth-order valence-corrected chi connectivity index (χ4v) is 2.43. The number of carbonyl (C=O) groups excluding carboxylic acids is 2. The molecule has 2 N–H and O–H groups in total. The van der Waals surface area contributed by atoms with Crippen molar-refractivity contribution in [1.29, 1.82) is 0 Å². The van der Waals surface area contributed by atoms with Crippen LogP contribution in [0.25, 0.3) is 11.3 Å². The fraction of sp³-hybridized carbons (Fsp3) is 0.150. The molecule has 1 heterocycles. The summed E-state index contributed by atoms with van der Waals surface area (Å²) in [6, 6.07) is 13.4. The largest absolute Gasteiger partial charge is 0.497 e. The van der Waals surface area contributed by atoms with Gasteiger partial charge in [0.1, 0.15) is 17.6 Å². The van der Waals surface area contributed by atoms with Gasteiger partial charge >= 0.3 is 0 Å². The fourth-order valence-electron chi connectivity index (χ4n) is 2.43. The van der Waals surface area contributed by atoms with Crippen LogP contribution in [0.1, 0.15) is 17.4 Å². The first-order chi connectivity index (χ1) is 13.5. The Kier molecular flexibility index (Phi) is 5.69. The normalized spacial score (nSPS) is 11.5. The summed E-state index contributed by atoms with van der Waals surface area (Å²) in [5.74, 6) is -0.691. The predicted octanol–water partition coefficient (Wildman–Crippen LogP) is 3.25. The highest BCUT2D eigenvalue weighted by Gasteiger charge is 2.20. The second-order valence-corrected chi connectivity index (χ2v) is 5.97. The summed E-state index contributed by atoms with van der Waals surface area (Å²) in [7, 11) is 1.55. The molecule has 0 saturated heterocycles. The molecular formula is C20H18FN3O4. The first kappa shape index (κ1) is 19.1.